The fourth-order valence-corrected chi connectivity index (χ4v) is 11.5. The SMILES string of the molecule is CC(=O)[O][Pb][S]/C(SN=Nc1ccc(S(=O)(=O)Nc2ncccn2)cc1)=C1/C(=N)N(c2ccccc2)N=C1C. The molecule has 0 spiro atoms. The molecule has 2 N–H and O–H groups in total. The Hall–Kier alpha value is -3.16. The van der Waals surface area contributed by atoms with Gasteiger partial charge in [-0.2, -0.15) is 0 Å². The van der Waals surface area contributed by atoms with E-state index in [2.05, 4.69) is 29.4 Å². The average molecular weight is 776 g/mol. The van der Waals surface area contributed by atoms with E-state index in [-0.39, 0.29) is 22.6 Å². The summed E-state index contributed by atoms with van der Waals surface area (Å²) in [6.45, 7) is 3.17. The molecule has 0 saturated carbocycles. The van der Waals surface area contributed by atoms with Gasteiger partial charge < -0.3 is 0 Å². The van der Waals surface area contributed by atoms with E-state index < -0.39 is 33.2 Å². The summed E-state index contributed by atoms with van der Waals surface area (Å²) < 4.78 is 37.6. The minimum absolute atomic E-state index is 0.0157. The van der Waals surface area contributed by atoms with Crippen LogP contribution < -0.4 is 9.73 Å². The minimum atomic E-state index is -3.87. The summed E-state index contributed by atoms with van der Waals surface area (Å²) in [6.07, 6.45) is 2.87. The van der Waals surface area contributed by atoms with Crippen molar-refractivity contribution < 1.29 is 15.9 Å². The van der Waals surface area contributed by atoms with Crippen molar-refractivity contribution in [2.45, 2.75) is 18.7 Å². The van der Waals surface area contributed by atoms with E-state index in [4.69, 9.17) is 8.10 Å². The number of hydrogen-bond donors (Lipinski definition) is 2. The van der Waals surface area contributed by atoms with Gasteiger partial charge in [-0.1, -0.05) is 0 Å². The predicted molar refractivity (Wildman–Crippen MR) is 153 cm³/mol. The zero-order valence-corrected chi connectivity index (χ0v) is 26.8. The van der Waals surface area contributed by atoms with Crippen LogP contribution >= 0.6 is 20.3 Å². The molecule has 0 aliphatic carbocycles. The number of benzene rings is 2. The van der Waals surface area contributed by atoms with Gasteiger partial charge in [0, 0.05) is 12.4 Å². The van der Waals surface area contributed by atoms with E-state index in [0.717, 1.165) is 17.6 Å². The molecular formula is C23H20N8O4PbS3. The Morgan fingerprint density at radius 2 is 1.77 bits per heavy atom. The van der Waals surface area contributed by atoms with Gasteiger partial charge in [0.15, 0.2) is 0 Å². The first kappa shape index (κ1) is 28.8. The molecule has 2 heterocycles. The van der Waals surface area contributed by atoms with Crippen molar-refractivity contribution in [1.29, 1.82) is 5.41 Å². The van der Waals surface area contributed by atoms with Gasteiger partial charge in [-0.25, -0.2) is 9.97 Å². The molecule has 16 heteroatoms. The van der Waals surface area contributed by atoms with Crippen molar-refractivity contribution in [3.05, 3.63) is 82.9 Å². The van der Waals surface area contributed by atoms with Gasteiger partial charge in [-0.15, -0.1) is 0 Å². The number of anilines is 2. The zero-order valence-electron chi connectivity index (χ0n) is 20.5. The molecule has 0 unspecified atom stereocenters. The molecule has 2 radical (unpaired) electrons. The summed E-state index contributed by atoms with van der Waals surface area (Å²) in [7, 11) is -2.49. The maximum atomic E-state index is 12.6. The Morgan fingerprint density at radius 3 is 2.44 bits per heavy atom. The van der Waals surface area contributed by atoms with Gasteiger partial charge in [0.25, 0.3) is 0 Å². The zero-order chi connectivity index (χ0) is 27.8. The number of aromatic nitrogens is 2. The molecule has 0 fully saturated rings. The first-order valence-electron chi connectivity index (χ1n) is 11.1. The molecule has 0 amide bonds. The van der Waals surface area contributed by atoms with Gasteiger partial charge in [0.2, 0.25) is 0 Å². The number of para-hydroxylation sites is 1. The van der Waals surface area contributed by atoms with E-state index in [0.29, 0.717) is 21.2 Å². The normalized spacial score (nSPS) is 14.9. The molecule has 39 heavy (non-hydrogen) atoms. The molecule has 2 aromatic carbocycles. The Kier molecular flexibility index (Phi) is 9.81. The topological polar surface area (TPSA) is 162 Å². The quantitative estimate of drug-likeness (QED) is 0.165. The third-order valence-corrected chi connectivity index (χ3v) is 14.9. The molecule has 0 saturated heterocycles. The average Bonchev–Trinajstić information content (AvgIpc) is 3.22. The van der Waals surface area contributed by atoms with E-state index >= 15 is 0 Å². The second-order valence-electron chi connectivity index (χ2n) is 7.57. The fourth-order valence-electron chi connectivity index (χ4n) is 3.09. The summed E-state index contributed by atoms with van der Waals surface area (Å²) in [4.78, 5) is 19.1. The molecule has 1 aliphatic rings. The number of hydrazone groups is 1. The number of rotatable bonds is 10. The van der Waals surface area contributed by atoms with Crippen LogP contribution in [0, 0.1) is 5.41 Å². The van der Waals surface area contributed by atoms with E-state index in [1.807, 2.05) is 30.3 Å². The third kappa shape index (κ3) is 7.70. The molecule has 198 valence electrons. The van der Waals surface area contributed by atoms with Gasteiger partial charge in [0.1, 0.15) is 0 Å². The third-order valence-electron chi connectivity index (χ3n) is 4.80. The monoisotopic (exact) mass is 776 g/mol. The van der Waals surface area contributed by atoms with Crippen molar-refractivity contribution in [2.75, 3.05) is 9.73 Å². The molecule has 12 nitrogen and oxygen atoms in total. The molecule has 4 rings (SSSR count). The summed E-state index contributed by atoms with van der Waals surface area (Å²) in [6, 6.07) is 16.8. The predicted octanol–water partition coefficient (Wildman–Crippen LogP) is 4.92. The van der Waals surface area contributed by atoms with Gasteiger partial charge in [-0.3, -0.25) is 0 Å². The van der Waals surface area contributed by atoms with Gasteiger partial charge in [0.05, 0.1) is 0 Å². The first-order chi connectivity index (χ1) is 18.7. The summed E-state index contributed by atoms with van der Waals surface area (Å²) in [5.74, 6) is -0.195. The van der Waals surface area contributed by atoms with Crippen molar-refractivity contribution in [1.82, 2.24) is 9.97 Å². The Morgan fingerprint density at radius 1 is 1.08 bits per heavy atom. The van der Waals surface area contributed by atoms with Crippen molar-refractivity contribution in [3.63, 3.8) is 0 Å². The maximum absolute atomic E-state index is 12.6. The molecule has 0 atom stereocenters. The molecule has 1 aromatic heterocycles. The molecule has 3 aromatic rings. The Bertz CT molecular complexity index is 1550. The number of sulfonamides is 1. The summed E-state index contributed by atoms with van der Waals surface area (Å²) in [5.41, 5.74) is 2.39. The number of nitrogens with zero attached hydrogens (tertiary/aromatic N) is 6. The number of hydrogen-bond acceptors (Lipinski definition) is 12. The van der Waals surface area contributed by atoms with Crippen LogP contribution in [0.4, 0.5) is 17.3 Å². The Labute approximate surface area is 244 Å². The number of carbonyl (C=O) groups excluding carboxylic acids is 1. The molecular weight excluding hydrogens is 756 g/mol. The van der Waals surface area contributed by atoms with Crippen LogP contribution in [0.5, 0.6) is 0 Å². The number of carbonyl (C=O) groups is 1. The van der Waals surface area contributed by atoms with Crippen molar-refractivity contribution in [3.8, 4) is 0 Å². The fraction of sp³-hybridized carbons (Fsp3) is 0.0870. The van der Waals surface area contributed by atoms with Crippen LogP contribution in [0.2, 0.25) is 0 Å². The van der Waals surface area contributed by atoms with Crippen molar-refractivity contribution in [2.24, 2.45) is 14.7 Å². The standard InChI is InChI=1S/C21H18N8O2S3.C2H4O2.Pb/c1-14-18(19(22)29(26-14)16-6-3-2-4-7-16)20(32)33-28-25-15-8-10-17(11-9-15)34(30,31)27-21-23-12-5-13-24-21;1-2(3)4;/h2-13,22,32H,1H3,(H,23,24,27);1H3,(H,3,4);/q;;+2/p-2/b20-18-,22-19?,28-25?;;. The van der Waals surface area contributed by atoms with E-state index in [9.17, 15) is 13.2 Å². The van der Waals surface area contributed by atoms with Gasteiger partial charge >= 0.3 is 217 Å². The van der Waals surface area contributed by atoms with Crippen LogP contribution in [-0.2, 0) is 17.5 Å². The second kappa shape index (κ2) is 13.3. The van der Waals surface area contributed by atoms with Crippen molar-refractivity contribution >= 4 is 88.3 Å². The van der Waals surface area contributed by atoms with Crippen LogP contribution in [0.15, 0.2) is 102 Å². The molecule has 1 aliphatic heterocycles. The van der Waals surface area contributed by atoms with Crippen LogP contribution in [-0.4, -0.2) is 59.1 Å². The second-order valence-corrected chi connectivity index (χ2v) is 16.2. The first-order valence-corrected chi connectivity index (χ1v) is 20.5. The van der Waals surface area contributed by atoms with E-state index in [1.54, 1.807) is 13.0 Å². The number of nitrogens with one attached hydrogen (secondary N) is 2. The molecule has 0 bridgehead atoms. The van der Waals surface area contributed by atoms with Crippen LogP contribution in [0.3, 0.4) is 0 Å². The van der Waals surface area contributed by atoms with E-state index in [1.165, 1.54) is 56.9 Å². The van der Waals surface area contributed by atoms with Crippen LogP contribution in [0.1, 0.15) is 13.8 Å². The Balaban J connectivity index is 1.51. The van der Waals surface area contributed by atoms with Gasteiger partial charge in [-0.05, 0) is 6.07 Å². The number of amidine groups is 1. The van der Waals surface area contributed by atoms with Crippen LogP contribution in [0.25, 0.3) is 0 Å². The summed E-state index contributed by atoms with van der Waals surface area (Å²) >= 11 is -0.849. The summed E-state index contributed by atoms with van der Waals surface area (Å²) in [5, 5.41) is 19.0.